The van der Waals surface area contributed by atoms with Crippen molar-refractivity contribution < 1.29 is 9.59 Å². The predicted octanol–water partition coefficient (Wildman–Crippen LogP) is 11.7. The molecule has 2 amide bonds. The standard InChI is InChI=1S/C44H58N2O2.C2H6/c1-9-13-15-30(5)28-45-41(37-27-44(7,8)31(37)6)39-38(42(45)47)40(46(43(39)48)29-33(12-4)16-14-10-2)36-25-23-35(24-26-36)22-21-34-19-17-32(11-3)18-20-34;1-2/h17-27,30-31,33H,9-16,28-29H2,1-8H3;1-2H3/b22-21+;. The van der Waals surface area contributed by atoms with Crippen molar-refractivity contribution in [2.45, 2.75) is 121 Å². The minimum absolute atomic E-state index is 0.000635. The number of amides is 2. The molecule has 0 radical (unpaired) electrons. The van der Waals surface area contributed by atoms with E-state index in [2.05, 4.69) is 122 Å². The number of hydrogen-bond acceptors (Lipinski definition) is 2. The van der Waals surface area contributed by atoms with E-state index in [9.17, 15) is 9.59 Å². The molecule has 2 aromatic carbocycles. The monoisotopic (exact) mass is 676 g/mol. The topological polar surface area (TPSA) is 40.6 Å². The van der Waals surface area contributed by atoms with E-state index in [0.29, 0.717) is 36.1 Å². The molecule has 3 unspecified atom stereocenters. The Morgan fingerprint density at radius 3 is 1.76 bits per heavy atom. The van der Waals surface area contributed by atoms with Gasteiger partial charge in [-0.2, -0.15) is 0 Å². The molecule has 4 nitrogen and oxygen atoms in total. The largest absolute Gasteiger partial charge is 0.307 e. The van der Waals surface area contributed by atoms with E-state index < -0.39 is 0 Å². The van der Waals surface area contributed by atoms with Gasteiger partial charge in [0.25, 0.3) is 11.8 Å². The average molecular weight is 677 g/mol. The third kappa shape index (κ3) is 8.27. The second-order valence-electron chi connectivity index (χ2n) is 15.1. The highest BCUT2D eigenvalue weighted by Crippen LogP contribution is 2.54. The Morgan fingerprint density at radius 2 is 1.26 bits per heavy atom. The molecule has 0 spiro atoms. The summed E-state index contributed by atoms with van der Waals surface area (Å²) < 4.78 is 0. The summed E-state index contributed by atoms with van der Waals surface area (Å²) in [6.45, 7) is 23.1. The quantitative estimate of drug-likeness (QED) is 0.166. The van der Waals surface area contributed by atoms with E-state index in [1.165, 1.54) is 11.1 Å². The summed E-state index contributed by atoms with van der Waals surface area (Å²) in [6, 6.07) is 17.1. The van der Waals surface area contributed by atoms with Gasteiger partial charge in [0.05, 0.1) is 22.5 Å². The van der Waals surface area contributed by atoms with Crippen LogP contribution >= 0.6 is 0 Å². The van der Waals surface area contributed by atoms with Crippen LogP contribution in [0, 0.1) is 23.2 Å². The number of hydrogen-bond donors (Lipinski definition) is 0. The average Bonchev–Trinajstić information content (AvgIpc) is 3.57. The SMILES string of the molecule is CC.CCCCC(C)CN1C(=O)C2=C(c3ccc(/C=C/c4ccc(CC)cc4)cc3)N(CC(CC)CCCC)C(=O)C2=C1C1=CC(C)(C)C1C. The molecule has 0 fully saturated rings. The molecule has 0 bridgehead atoms. The Balaban J connectivity index is 0.00000276. The van der Waals surface area contributed by atoms with Crippen LogP contribution in [0.2, 0.25) is 0 Å². The fourth-order valence-corrected chi connectivity index (χ4v) is 7.51. The van der Waals surface area contributed by atoms with Crippen LogP contribution < -0.4 is 0 Å². The number of unbranched alkanes of at least 4 members (excludes halogenated alkanes) is 2. The van der Waals surface area contributed by atoms with Crippen molar-refractivity contribution >= 4 is 29.7 Å². The van der Waals surface area contributed by atoms with E-state index in [-0.39, 0.29) is 23.1 Å². The highest BCUT2D eigenvalue weighted by molar-refractivity contribution is 6.26. The van der Waals surface area contributed by atoms with Crippen molar-refractivity contribution in [2.75, 3.05) is 13.1 Å². The van der Waals surface area contributed by atoms with Crippen LogP contribution in [-0.2, 0) is 16.0 Å². The predicted molar refractivity (Wildman–Crippen MR) is 213 cm³/mol. The minimum atomic E-state index is -0.00638. The number of carbonyl (C=O) groups excluding carboxylic acids is 2. The fourth-order valence-electron chi connectivity index (χ4n) is 7.51. The zero-order valence-corrected chi connectivity index (χ0v) is 32.9. The van der Waals surface area contributed by atoms with E-state index >= 15 is 0 Å². The normalized spacial score (nSPS) is 19.5. The van der Waals surface area contributed by atoms with E-state index in [4.69, 9.17) is 0 Å². The molecule has 0 aromatic heterocycles. The van der Waals surface area contributed by atoms with Gasteiger partial charge in [-0.1, -0.05) is 168 Å². The van der Waals surface area contributed by atoms with Crippen molar-refractivity contribution in [1.82, 2.24) is 9.80 Å². The molecule has 0 saturated heterocycles. The lowest BCUT2D eigenvalue weighted by Crippen LogP contribution is -2.39. The van der Waals surface area contributed by atoms with Gasteiger partial charge in [0.1, 0.15) is 0 Å². The number of rotatable bonds is 16. The Morgan fingerprint density at radius 1 is 0.740 bits per heavy atom. The second kappa shape index (κ2) is 17.5. The summed E-state index contributed by atoms with van der Waals surface area (Å²) in [4.78, 5) is 33.4. The minimum Gasteiger partial charge on any atom is -0.307 e. The molecule has 5 rings (SSSR count). The summed E-state index contributed by atoms with van der Waals surface area (Å²) in [7, 11) is 0. The van der Waals surface area contributed by atoms with Crippen molar-refractivity contribution in [2.24, 2.45) is 23.2 Å². The van der Waals surface area contributed by atoms with Crippen LogP contribution in [-0.4, -0.2) is 34.7 Å². The molecule has 2 aliphatic heterocycles. The van der Waals surface area contributed by atoms with Crippen molar-refractivity contribution in [3.05, 3.63) is 99.3 Å². The molecular formula is C46H64N2O2. The van der Waals surface area contributed by atoms with Crippen molar-refractivity contribution in [3.8, 4) is 0 Å². The zero-order chi connectivity index (χ0) is 36.6. The number of benzene rings is 2. The molecule has 2 aromatic rings. The van der Waals surface area contributed by atoms with E-state index in [1.54, 1.807) is 0 Å². The van der Waals surface area contributed by atoms with Gasteiger partial charge in [0.2, 0.25) is 0 Å². The summed E-state index contributed by atoms with van der Waals surface area (Å²) in [5, 5.41) is 0. The Bertz CT molecular complexity index is 1600. The van der Waals surface area contributed by atoms with E-state index in [1.807, 2.05) is 23.6 Å². The Labute approximate surface area is 304 Å². The summed E-state index contributed by atoms with van der Waals surface area (Å²) in [5.41, 5.74) is 8.65. The first-order valence-electron chi connectivity index (χ1n) is 19.8. The lowest BCUT2D eigenvalue weighted by Gasteiger charge is -2.43. The first-order chi connectivity index (χ1) is 24.0. The zero-order valence-electron chi connectivity index (χ0n) is 32.9. The van der Waals surface area contributed by atoms with Crippen LogP contribution in [0.3, 0.4) is 0 Å². The molecule has 270 valence electrons. The molecule has 50 heavy (non-hydrogen) atoms. The smallest absolute Gasteiger partial charge is 0.261 e. The van der Waals surface area contributed by atoms with Crippen LogP contribution in [0.4, 0.5) is 0 Å². The number of carbonyl (C=O) groups is 2. The van der Waals surface area contributed by atoms with Crippen LogP contribution in [0.5, 0.6) is 0 Å². The molecule has 4 heteroatoms. The van der Waals surface area contributed by atoms with Gasteiger partial charge >= 0.3 is 0 Å². The maximum absolute atomic E-state index is 14.7. The van der Waals surface area contributed by atoms with Crippen LogP contribution in [0.1, 0.15) is 136 Å². The number of allylic oxidation sites excluding steroid dienone is 2. The highest BCUT2D eigenvalue weighted by atomic mass is 16.2. The van der Waals surface area contributed by atoms with Crippen molar-refractivity contribution in [1.29, 1.82) is 0 Å². The first kappa shape index (κ1) is 39.1. The van der Waals surface area contributed by atoms with Crippen molar-refractivity contribution in [3.63, 3.8) is 0 Å². The molecule has 3 atom stereocenters. The van der Waals surface area contributed by atoms with Crippen LogP contribution in [0.25, 0.3) is 17.8 Å². The van der Waals surface area contributed by atoms with E-state index in [0.717, 1.165) is 79.5 Å². The van der Waals surface area contributed by atoms with Gasteiger partial charge in [-0.05, 0) is 70.3 Å². The van der Waals surface area contributed by atoms with Gasteiger partial charge in [-0.15, -0.1) is 0 Å². The third-order valence-corrected chi connectivity index (χ3v) is 11.1. The first-order valence-corrected chi connectivity index (χ1v) is 19.8. The number of nitrogens with zero attached hydrogens (tertiary/aromatic N) is 2. The molecule has 3 aliphatic rings. The van der Waals surface area contributed by atoms with Gasteiger partial charge in [-0.25, -0.2) is 0 Å². The summed E-state index contributed by atoms with van der Waals surface area (Å²) in [5.74, 6) is 0.996. The molecule has 0 N–H and O–H groups in total. The molecular weight excluding hydrogens is 613 g/mol. The Kier molecular flexibility index (Phi) is 13.7. The lowest BCUT2D eigenvalue weighted by atomic mass is 9.64. The third-order valence-electron chi connectivity index (χ3n) is 11.1. The maximum Gasteiger partial charge on any atom is 0.261 e. The van der Waals surface area contributed by atoms with Gasteiger partial charge in [-0.3, -0.25) is 9.59 Å². The lowest BCUT2D eigenvalue weighted by molar-refractivity contribution is -0.124. The summed E-state index contributed by atoms with van der Waals surface area (Å²) >= 11 is 0. The molecule has 1 aliphatic carbocycles. The number of aryl methyl sites for hydroxylation is 1. The number of fused-ring (bicyclic) bond motifs is 1. The Hall–Kier alpha value is -3.66. The van der Waals surface area contributed by atoms with Gasteiger partial charge in [0.15, 0.2) is 0 Å². The molecule has 2 heterocycles. The van der Waals surface area contributed by atoms with Gasteiger partial charge < -0.3 is 9.80 Å². The maximum atomic E-state index is 14.7. The van der Waals surface area contributed by atoms with Gasteiger partial charge in [0, 0.05) is 13.1 Å². The molecule has 0 saturated carbocycles. The van der Waals surface area contributed by atoms with Crippen LogP contribution in [0.15, 0.2) is 77.0 Å². The summed E-state index contributed by atoms with van der Waals surface area (Å²) in [6.07, 6.45) is 15.3. The second-order valence-corrected chi connectivity index (χ2v) is 15.1. The fraction of sp³-hybridized carbons (Fsp3) is 0.522. The highest BCUT2D eigenvalue weighted by Gasteiger charge is 2.52.